The van der Waals surface area contributed by atoms with Gasteiger partial charge < -0.3 is 4.74 Å². The molecule has 0 atom stereocenters. The van der Waals surface area contributed by atoms with E-state index >= 15 is 0 Å². The van der Waals surface area contributed by atoms with Gasteiger partial charge in [0.25, 0.3) is 5.56 Å². The topological polar surface area (TPSA) is 59.4 Å². The minimum absolute atomic E-state index is 0.218. The molecule has 6 heteroatoms. The molecular formula is C21H22FN3O2. The Morgan fingerprint density at radius 3 is 2.41 bits per heavy atom. The van der Waals surface area contributed by atoms with Gasteiger partial charge in [-0.3, -0.25) is 14.9 Å². The number of nitrogens with zero attached hydrogens (tertiary/aromatic N) is 2. The van der Waals surface area contributed by atoms with Gasteiger partial charge in [0.1, 0.15) is 11.6 Å². The van der Waals surface area contributed by atoms with Crippen LogP contribution in [0.15, 0.2) is 58.3 Å². The zero-order chi connectivity index (χ0) is 19.4. The number of halogens is 1. The molecule has 140 valence electrons. The van der Waals surface area contributed by atoms with Crippen molar-refractivity contribution < 1.29 is 9.13 Å². The van der Waals surface area contributed by atoms with E-state index in [-0.39, 0.29) is 11.4 Å². The van der Waals surface area contributed by atoms with Gasteiger partial charge in [0, 0.05) is 17.8 Å². The molecule has 27 heavy (non-hydrogen) atoms. The quantitative estimate of drug-likeness (QED) is 0.664. The van der Waals surface area contributed by atoms with E-state index in [9.17, 15) is 9.18 Å². The Morgan fingerprint density at radius 1 is 1.15 bits per heavy atom. The van der Waals surface area contributed by atoms with Crippen molar-refractivity contribution in [3.8, 4) is 22.7 Å². The highest BCUT2D eigenvalue weighted by molar-refractivity contribution is 6.03. The number of benzene rings is 2. The summed E-state index contributed by atoms with van der Waals surface area (Å²) in [7, 11) is 1.61. The number of ether oxygens (including phenoxy) is 1. The number of H-pyrrole nitrogens is 1. The van der Waals surface area contributed by atoms with E-state index in [1.165, 1.54) is 16.8 Å². The van der Waals surface area contributed by atoms with Crippen LogP contribution in [-0.4, -0.2) is 29.1 Å². The average molecular weight is 367 g/mol. The van der Waals surface area contributed by atoms with E-state index in [0.29, 0.717) is 29.2 Å². The van der Waals surface area contributed by atoms with Crippen molar-refractivity contribution in [2.45, 2.75) is 20.3 Å². The Kier molecular flexibility index (Phi) is 5.54. The Labute approximate surface area is 157 Å². The Bertz CT molecular complexity index is 999. The number of hydrogen-bond donors (Lipinski definition) is 1. The van der Waals surface area contributed by atoms with Crippen molar-refractivity contribution in [2.75, 3.05) is 13.7 Å². The van der Waals surface area contributed by atoms with Crippen LogP contribution in [-0.2, 0) is 0 Å². The summed E-state index contributed by atoms with van der Waals surface area (Å²) < 4.78 is 19.9. The number of methoxy groups -OCH3 is 1. The molecular weight excluding hydrogens is 345 g/mol. The average Bonchev–Trinajstić information content (AvgIpc) is 3.04. The van der Waals surface area contributed by atoms with Crippen LogP contribution in [0.3, 0.4) is 0 Å². The number of rotatable bonds is 6. The summed E-state index contributed by atoms with van der Waals surface area (Å²) in [6.07, 6.45) is 0.895. The van der Waals surface area contributed by atoms with Crippen LogP contribution in [0.2, 0.25) is 0 Å². The summed E-state index contributed by atoms with van der Waals surface area (Å²) in [6, 6.07) is 13.2. The second-order valence-electron chi connectivity index (χ2n) is 6.17. The predicted octanol–water partition coefficient (Wildman–Crippen LogP) is 4.20. The number of nitrogens with one attached hydrogen (secondary N) is 1. The van der Waals surface area contributed by atoms with Crippen LogP contribution in [0.1, 0.15) is 25.8 Å². The molecule has 0 aliphatic heterocycles. The largest absolute Gasteiger partial charge is 0.497 e. The molecule has 0 fully saturated rings. The van der Waals surface area contributed by atoms with Gasteiger partial charge in [-0.25, -0.2) is 9.07 Å². The summed E-state index contributed by atoms with van der Waals surface area (Å²) >= 11 is 0. The van der Waals surface area contributed by atoms with Gasteiger partial charge >= 0.3 is 0 Å². The molecule has 0 aliphatic rings. The highest BCUT2D eigenvalue weighted by Gasteiger charge is 2.19. The van der Waals surface area contributed by atoms with Crippen molar-refractivity contribution in [1.29, 1.82) is 0 Å². The number of aromatic amines is 1. The molecule has 0 spiro atoms. The monoisotopic (exact) mass is 367 g/mol. The van der Waals surface area contributed by atoms with E-state index in [1.54, 1.807) is 19.2 Å². The molecule has 0 saturated heterocycles. The lowest BCUT2D eigenvalue weighted by Gasteiger charge is -2.05. The number of hydrogen-bond acceptors (Lipinski definition) is 3. The number of aliphatic imine (C=N–C) groups is 1. The molecule has 0 unspecified atom stereocenters. The molecule has 3 rings (SSSR count). The van der Waals surface area contributed by atoms with Gasteiger partial charge in [-0.15, -0.1) is 0 Å². The van der Waals surface area contributed by atoms with Gasteiger partial charge in [-0.1, -0.05) is 6.92 Å². The summed E-state index contributed by atoms with van der Waals surface area (Å²) in [4.78, 5) is 17.6. The second kappa shape index (κ2) is 8.03. The standard InChI is InChI=1S/C21H22FN3O2/c1-4-13-23-14(2)19-20(15-5-11-18(27-3)12-6-15)24-25(21(19)26)17-9-7-16(22)8-10-17/h5-12,24H,4,13H2,1-3H3. The Balaban J connectivity index is 2.19. The third-order valence-corrected chi connectivity index (χ3v) is 4.29. The van der Waals surface area contributed by atoms with Gasteiger partial charge in [-0.2, -0.15) is 0 Å². The second-order valence-corrected chi connectivity index (χ2v) is 6.17. The van der Waals surface area contributed by atoms with Gasteiger partial charge in [0.05, 0.1) is 24.1 Å². The third-order valence-electron chi connectivity index (χ3n) is 4.29. The van der Waals surface area contributed by atoms with E-state index in [0.717, 1.165) is 17.7 Å². The SMILES string of the molecule is CCCN=C(C)c1c(-c2ccc(OC)cc2)[nH]n(-c2ccc(F)cc2)c1=O. The van der Waals surface area contributed by atoms with Gasteiger partial charge in [-0.05, 0) is 61.9 Å². The van der Waals surface area contributed by atoms with Crippen molar-refractivity contribution in [1.82, 2.24) is 9.78 Å². The highest BCUT2D eigenvalue weighted by Crippen LogP contribution is 2.24. The maximum atomic E-state index is 13.3. The van der Waals surface area contributed by atoms with Crippen molar-refractivity contribution in [3.05, 3.63) is 70.3 Å². The van der Waals surface area contributed by atoms with E-state index in [1.807, 2.05) is 38.1 Å². The molecule has 5 nitrogen and oxygen atoms in total. The minimum Gasteiger partial charge on any atom is -0.497 e. The van der Waals surface area contributed by atoms with Crippen LogP contribution in [0.5, 0.6) is 5.75 Å². The van der Waals surface area contributed by atoms with Crippen LogP contribution in [0, 0.1) is 5.82 Å². The maximum Gasteiger partial charge on any atom is 0.280 e. The first-order valence-corrected chi connectivity index (χ1v) is 8.82. The van der Waals surface area contributed by atoms with Crippen molar-refractivity contribution in [2.24, 2.45) is 4.99 Å². The van der Waals surface area contributed by atoms with Gasteiger partial charge in [0.2, 0.25) is 0 Å². The van der Waals surface area contributed by atoms with E-state index in [4.69, 9.17) is 4.74 Å². The summed E-state index contributed by atoms with van der Waals surface area (Å²) in [5.41, 5.74) is 3.04. The maximum absolute atomic E-state index is 13.3. The first-order valence-electron chi connectivity index (χ1n) is 8.82. The van der Waals surface area contributed by atoms with Crippen LogP contribution >= 0.6 is 0 Å². The molecule has 1 aromatic heterocycles. The van der Waals surface area contributed by atoms with E-state index < -0.39 is 0 Å². The lowest BCUT2D eigenvalue weighted by atomic mass is 10.0. The van der Waals surface area contributed by atoms with Crippen LogP contribution < -0.4 is 10.3 Å². The third kappa shape index (κ3) is 3.84. The Morgan fingerprint density at radius 2 is 1.81 bits per heavy atom. The van der Waals surface area contributed by atoms with Crippen molar-refractivity contribution >= 4 is 5.71 Å². The van der Waals surface area contributed by atoms with Gasteiger partial charge in [0.15, 0.2) is 0 Å². The van der Waals surface area contributed by atoms with Crippen LogP contribution in [0.4, 0.5) is 4.39 Å². The molecule has 0 amide bonds. The zero-order valence-corrected chi connectivity index (χ0v) is 15.6. The fourth-order valence-corrected chi connectivity index (χ4v) is 2.87. The first kappa shape index (κ1) is 18.6. The summed E-state index contributed by atoms with van der Waals surface area (Å²) in [5, 5.41) is 3.16. The predicted molar refractivity (Wildman–Crippen MR) is 106 cm³/mol. The first-order chi connectivity index (χ1) is 13.0. The normalized spacial score (nSPS) is 11.6. The minimum atomic E-state index is -0.352. The molecule has 3 aromatic rings. The van der Waals surface area contributed by atoms with Crippen LogP contribution in [0.25, 0.3) is 16.9 Å². The molecule has 0 saturated carbocycles. The molecule has 0 aliphatic carbocycles. The lowest BCUT2D eigenvalue weighted by molar-refractivity contribution is 0.415. The molecule has 0 radical (unpaired) electrons. The zero-order valence-electron chi connectivity index (χ0n) is 15.6. The van der Waals surface area contributed by atoms with E-state index in [2.05, 4.69) is 10.1 Å². The molecule has 2 aromatic carbocycles. The molecule has 1 N–H and O–H groups in total. The molecule has 0 bridgehead atoms. The summed E-state index contributed by atoms with van der Waals surface area (Å²) in [5.74, 6) is 0.381. The smallest absolute Gasteiger partial charge is 0.280 e. The highest BCUT2D eigenvalue weighted by atomic mass is 19.1. The lowest BCUT2D eigenvalue weighted by Crippen LogP contribution is -2.19. The number of aromatic nitrogens is 2. The Hall–Kier alpha value is -3.15. The molecule has 1 heterocycles. The fraction of sp³-hybridized carbons (Fsp3) is 0.238. The summed E-state index contributed by atoms with van der Waals surface area (Å²) in [6.45, 7) is 4.52. The van der Waals surface area contributed by atoms with Crippen molar-refractivity contribution in [3.63, 3.8) is 0 Å². The fourth-order valence-electron chi connectivity index (χ4n) is 2.87.